The smallest absolute Gasteiger partial charge is 0.271 e. The normalized spacial score (nSPS) is 20.9. The lowest BCUT2D eigenvalue weighted by Gasteiger charge is -2.24. The summed E-state index contributed by atoms with van der Waals surface area (Å²) >= 11 is 6.05. The van der Waals surface area contributed by atoms with E-state index in [9.17, 15) is 4.79 Å². The van der Waals surface area contributed by atoms with E-state index >= 15 is 0 Å². The van der Waals surface area contributed by atoms with Gasteiger partial charge in [0.05, 0.1) is 11.1 Å². The predicted molar refractivity (Wildman–Crippen MR) is 91.0 cm³/mol. The zero-order valence-corrected chi connectivity index (χ0v) is 14.7. The maximum Gasteiger partial charge on any atom is 0.271 e. The van der Waals surface area contributed by atoms with Crippen LogP contribution in [0.1, 0.15) is 60.3 Å². The first kappa shape index (κ1) is 15.7. The number of amides is 1. The lowest BCUT2D eigenvalue weighted by atomic mass is 10.2. The second kappa shape index (κ2) is 6.24. The highest BCUT2D eigenvalue weighted by Crippen LogP contribution is 2.33. The van der Waals surface area contributed by atoms with Crippen LogP contribution in [0.25, 0.3) is 0 Å². The zero-order valence-electron chi connectivity index (χ0n) is 13.9. The Balaban J connectivity index is 1.65. The molecule has 6 nitrogen and oxygen atoms in total. The Hall–Kier alpha value is -1.82. The fourth-order valence-electron chi connectivity index (χ4n) is 3.92. The lowest BCUT2D eigenvalue weighted by molar-refractivity contribution is 0.0717. The fourth-order valence-corrected chi connectivity index (χ4v) is 4.17. The molecular weight excluding hydrogens is 326 g/mol. The van der Waals surface area contributed by atoms with Gasteiger partial charge in [0, 0.05) is 32.8 Å². The van der Waals surface area contributed by atoms with E-state index in [0.29, 0.717) is 10.7 Å². The Morgan fingerprint density at radius 3 is 2.88 bits per heavy atom. The van der Waals surface area contributed by atoms with Crippen LogP contribution in [0, 0.1) is 0 Å². The number of rotatable bonds is 2. The molecule has 24 heavy (non-hydrogen) atoms. The summed E-state index contributed by atoms with van der Waals surface area (Å²) in [6, 6.07) is 1.76. The Bertz CT molecular complexity index is 765. The third-order valence-electron chi connectivity index (χ3n) is 5.14. The highest BCUT2D eigenvalue weighted by Gasteiger charge is 2.35. The first-order valence-corrected chi connectivity index (χ1v) is 9.08. The molecule has 0 saturated carbocycles. The molecule has 0 N–H and O–H groups in total. The van der Waals surface area contributed by atoms with E-state index in [2.05, 4.69) is 14.8 Å². The van der Waals surface area contributed by atoms with Crippen LogP contribution in [0.3, 0.4) is 0 Å². The zero-order chi connectivity index (χ0) is 16.7. The predicted octanol–water partition coefficient (Wildman–Crippen LogP) is 2.97. The maximum absolute atomic E-state index is 13.0. The second-order valence-corrected chi connectivity index (χ2v) is 7.18. The van der Waals surface area contributed by atoms with Crippen molar-refractivity contribution in [1.29, 1.82) is 0 Å². The Morgan fingerprint density at radius 1 is 1.21 bits per heavy atom. The van der Waals surface area contributed by atoms with Crippen LogP contribution in [-0.2, 0) is 20.0 Å². The van der Waals surface area contributed by atoms with Crippen molar-refractivity contribution in [2.75, 3.05) is 6.54 Å². The van der Waals surface area contributed by atoms with Crippen LogP contribution in [0.5, 0.6) is 0 Å². The van der Waals surface area contributed by atoms with Gasteiger partial charge in [-0.1, -0.05) is 18.0 Å². The molecule has 2 aliphatic heterocycles. The molecule has 7 heteroatoms. The van der Waals surface area contributed by atoms with Gasteiger partial charge in [0.1, 0.15) is 11.5 Å². The van der Waals surface area contributed by atoms with Crippen LogP contribution in [-0.4, -0.2) is 36.7 Å². The number of fused-ring (bicyclic) bond motifs is 1. The standard InChI is InChI=1S/C17H22ClN5O/c1-21-11-12(18)10-14(21)17(24)22-9-5-6-13(22)16-20-19-15-7-3-2-4-8-23(15)16/h10-11,13H,2-9H2,1H3. The molecule has 128 valence electrons. The van der Waals surface area contributed by atoms with Crippen molar-refractivity contribution in [3.05, 3.63) is 34.6 Å². The summed E-state index contributed by atoms with van der Waals surface area (Å²) in [7, 11) is 1.85. The van der Waals surface area contributed by atoms with E-state index in [1.54, 1.807) is 16.8 Å². The van der Waals surface area contributed by atoms with Gasteiger partial charge in [-0.2, -0.15) is 0 Å². The molecule has 0 bridgehead atoms. The minimum atomic E-state index is 0.0190. The second-order valence-electron chi connectivity index (χ2n) is 6.75. The van der Waals surface area contributed by atoms with Crippen molar-refractivity contribution >= 4 is 17.5 Å². The Morgan fingerprint density at radius 2 is 2.08 bits per heavy atom. The van der Waals surface area contributed by atoms with Crippen molar-refractivity contribution in [3.63, 3.8) is 0 Å². The van der Waals surface area contributed by atoms with Gasteiger partial charge in [0.15, 0.2) is 5.82 Å². The van der Waals surface area contributed by atoms with E-state index in [1.807, 2.05) is 11.9 Å². The van der Waals surface area contributed by atoms with Crippen LogP contribution in [0.4, 0.5) is 0 Å². The number of nitrogens with zero attached hydrogens (tertiary/aromatic N) is 5. The van der Waals surface area contributed by atoms with Gasteiger partial charge in [-0.15, -0.1) is 10.2 Å². The largest absolute Gasteiger partial charge is 0.345 e. The van der Waals surface area contributed by atoms with Crippen molar-refractivity contribution in [2.24, 2.45) is 7.05 Å². The number of aromatic nitrogens is 4. The summed E-state index contributed by atoms with van der Waals surface area (Å²) in [5, 5.41) is 9.45. The topological polar surface area (TPSA) is 56.0 Å². The van der Waals surface area contributed by atoms with E-state index in [0.717, 1.165) is 50.4 Å². The highest BCUT2D eigenvalue weighted by atomic mass is 35.5. The molecule has 1 atom stereocenters. The summed E-state index contributed by atoms with van der Waals surface area (Å²) in [4.78, 5) is 15.0. The molecule has 1 fully saturated rings. The number of hydrogen-bond acceptors (Lipinski definition) is 3. The molecule has 0 radical (unpaired) electrons. The minimum absolute atomic E-state index is 0.0190. The first-order chi connectivity index (χ1) is 11.6. The number of aryl methyl sites for hydroxylation is 2. The van der Waals surface area contributed by atoms with Gasteiger partial charge in [-0.25, -0.2) is 0 Å². The number of hydrogen-bond donors (Lipinski definition) is 0. The van der Waals surface area contributed by atoms with Gasteiger partial charge in [0.25, 0.3) is 5.91 Å². The van der Waals surface area contributed by atoms with Crippen molar-refractivity contribution in [1.82, 2.24) is 24.2 Å². The minimum Gasteiger partial charge on any atom is -0.345 e. The third-order valence-corrected chi connectivity index (χ3v) is 5.35. The average molecular weight is 348 g/mol. The monoisotopic (exact) mass is 347 g/mol. The summed E-state index contributed by atoms with van der Waals surface area (Å²) in [6.07, 6.45) is 8.26. The lowest BCUT2D eigenvalue weighted by Crippen LogP contribution is -2.33. The average Bonchev–Trinajstić information content (AvgIpc) is 3.22. The van der Waals surface area contributed by atoms with E-state index < -0.39 is 0 Å². The first-order valence-electron chi connectivity index (χ1n) is 8.70. The molecule has 1 amide bonds. The molecule has 0 aliphatic carbocycles. The molecule has 1 saturated heterocycles. The molecule has 4 rings (SSSR count). The molecule has 0 aromatic carbocycles. The summed E-state index contributed by atoms with van der Waals surface area (Å²) in [6.45, 7) is 1.72. The molecule has 4 heterocycles. The van der Waals surface area contributed by atoms with E-state index in [-0.39, 0.29) is 11.9 Å². The molecule has 2 aromatic rings. The Labute approximate surface area is 146 Å². The van der Waals surface area contributed by atoms with Crippen LogP contribution >= 0.6 is 11.6 Å². The number of likely N-dealkylation sites (tertiary alicyclic amines) is 1. The van der Waals surface area contributed by atoms with Gasteiger partial charge in [-0.3, -0.25) is 4.79 Å². The molecular formula is C17H22ClN5O. The summed E-state index contributed by atoms with van der Waals surface area (Å²) in [5.41, 5.74) is 0.627. The van der Waals surface area contributed by atoms with Crippen molar-refractivity contribution in [3.8, 4) is 0 Å². The summed E-state index contributed by atoms with van der Waals surface area (Å²) < 4.78 is 4.05. The van der Waals surface area contributed by atoms with Crippen LogP contribution in [0.2, 0.25) is 5.02 Å². The fraction of sp³-hybridized carbons (Fsp3) is 0.588. The molecule has 2 aromatic heterocycles. The highest BCUT2D eigenvalue weighted by molar-refractivity contribution is 6.31. The number of halogens is 1. The SMILES string of the molecule is Cn1cc(Cl)cc1C(=O)N1CCCC1c1nnc2n1CCCCC2. The van der Waals surface area contributed by atoms with Gasteiger partial charge in [-0.05, 0) is 31.7 Å². The van der Waals surface area contributed by atoms with Crippen LogP contribution < -0.4 is 0 Å². The summed E-state index contributed by atoms with van der Waals surface area (Å²) in [5.74, 6) is 2.06. The quantitative estimate of drug-likeness (QED) is 0.839. The van der Waals surface area contributed by atoms with Gasteiger partial charge >= 0.3 is 0 Å². The molecule has 2 aliphatic rings. The molecule has 0 spiro atoms. The van der Waals surface area contributed by atoms with Gasteiger partial charge in [0.2, 0.25) is 0 Å². The third kappa shape index (κ3) is 2.62. The van der Waals surface area contributed by atoms with E-state index in [1.165, 1.54) is 12.8 Å². The van der Waals surface area contributed by atoms with Gasteiger partial charge < -0.3 is 14.0 Å². The van der Waals surface area contributed by atoms with Crippen molar-refractivity contribution < 1.29 is 4.79 Å². The maximum atomic E-state index is 13.0. The number of carbonyl (C=O) groups excluding carboxylic acids is 1. The van der Waals surface area contributed by atoms with Crippen molar-refractivity contribution in [2.45, 2.75) is 51.1 Å². The Kier molecular flexibility index (Phi) is 4.08. The van der Waals surface area contributed by atoms with Crippen LogP contribution in [0.15, 0.2) is 12.3 Å². The number of carbonyl (C=O) groups is 1. The van der Waals surface area contributed by atoms with E-state index in [4.69, 9.17) is 11.6 Å². The molecule has 1 unspecified atom stereocenters.